The molecule has 0 fully saturated rings. The van der Waals surface area contributed by atoms with Crippen molar-refractivity contribution < 1.29 is 12.8 Å². The van der Waals surface area contributed by atoms with E-state index in [2.05, 4.69) is 4.72 Å². The average Bonchev–Trinajstić information content (AvgIpc) is 2.47. The number of nitriles is 1. The lowest BCUT2D eigenvalue weighted by Crippen LogP contribution is -2.16. The molecule has 0 saturated carbocycles. The van der Waals surface area contributed by atoms with Gasteiger partial charge in [-0.1, -0.05) is 31.2 Å². The fraction of sp³-hybridized carbons (Fsp3) is 0.133. The molecule has 0 atom stereocenters. The van der Waals surface area contributed by atoms with Crippen molar-refractivity contribution in [1.29, 1.82) is 5.26 Å². The number of hydrogen-bond acceptors (Lipinski definition) is 3. The summed E-state index contributed by atoms with van der Waals surface area (Å²) >= 11 is 0. The van der Waals surface area contributed by atoms with Gasteiger partial charge in [0.15, 0.2) is 0 Å². The molecule has 108 valence electrons. The van der Waals surface area contributed by atoms with Crippen molar-refractivity contribution in [1.82, 2.24) is 0 Å². The van der Waals surface area contributed by atoms with Crippen LogP contribution in [0, 0.1) is 17.1 Å². The van der Waals surface area contributed by atoms with Crippen molar-refractivity contribution in [3.05, 3.63) is 59.4 Å². The first kappa shape index (κ1) is 15.0. The Labute approximate surface area is 122 Å². The predicted molar refractivity (Wildman–Crippen MR) is 77.7 cm³/mol. The van der Waals surface area contributed by atoms with Crippen molar-refractivity contribution in [3.8, 4) is 6.07 Å². The van der Waals surface area contributed by atoms with Crippen LogP contribution in [0.5, 0.6) is 0 Å². The Morgan fingerprint density at radius 3 is 2.57 bits per heavy atom. The topological polar surface area (TPSA) is 70.0 Å². The van der Waals surface area contributed by atoms with E-state index in [4.69, 9.17) is 5.26 Å². The maximum absolute atomic E-state index is 13.6. The molecule has 2 rings (SSSR count). The molecule has 0 aliphatic rings. The van der Waals surface area contributed by atoms with E-state index in [0.717, 1.165) is 11.6 Å². The van der Waals surface area contributed by atoms with Crippen LogP contribution in [-0.2, 0) is 16.4 Å². The third-order valence-corrected chi connectivity index (χ3v) is 4.43. The van der Waals surface area contributed by atoms with Crippen LogP contribution < -0.4 is 4.72 Å². The molecule has 0 aliphatic heterocycles. The molecule has 0 heterocycles. The van der Waals surface area contributed by atoms with Gasteiger partial charge in [-0.2, -0.15) is 5.26 Å². The molecule has 0 amide bonds. The Kier molecular flexibility index (Phi) is 4.24. The summed E-state index contributed by atoms with van der Waals surface area (Å²) in [5.41, 5.74) is 0.753. The van der Waals surface area contributed by atoms with Crippen LogP contribution in [0.3, 0.4) is 0 Å². The summed E-state index contributed by atoms with van der Waals surface area (Å²) in [4.78, 5) is -0.365. The van der Waals surface area contributed by atoms with E-state index in [1.807, 2.05) is 6.92 Å². The van der Waals surface area contributed by atoms with Gasteiger partial charge in [-0.25, -0.2) is 12.8 Å². The van der Waals surface area contributed by atoms with Gasteiger partial charge in [0, 0.05) is 0 Å². The minimum atomic E-state index is -4.02. The first-order valence-corrected chi connectivity index (χ1v) is 7.77. The number of para-hydroxylation sites is 1. The van der Waals surface area contributed by atoms with Crippen molar-refractivity contribution in [2.45, 2.75) is 18.2 Å². The van der Waals surface area contributed by atoms with Gasteiger partial charge in [0.05, 0.1) is 5.69 Å². The summed E-state index contributed by atoms with van der Waals surface area (Å²) in [5, 5.41) is 8.95. The third kappa shape index (κ3) is 3.03. The number of sulfonamides is 1. The maximum atomic E-state index is 13.6. The predicted octanol–water partition coefficient (Wildman–Crippen LogP) is 3.06. The smallest absolute Gasteiger partial charge is 0.263 e. The van der Waals surface area contributed by atoms with Crippen LogP contribution >= 0.6 is 0 Å². The van der Waals surface area contributed by atoms with Crippen molar-refractivity contribution in [3.63, 3.8) is 0 Å². The Bertz CT molecular complexity index is 811. The van der Waals surface area contributed by atoms with E-state index in [-0.39, 0.29) is 4.90 Å². The second-order valence-electron chi connectivity index (χ2n) is 4.34. The molecular weight excluding hydrogens is 291 g/mol. The molecular formula is C15H13FN2O2S. The van der Waals surface area contributed by atoms with Crippen LogP contribution in [0.4, 0.5) is 10.1 Å². The van der Waals surface area contributed by atoms with Gasteiger partial charge in [0.25, 0.3) is 10.0 Å². The van der Waals surface area contributed by atoms with E-state index in [0.29, 0.717) is 12.1 Å². The number of hydrogen-bond donors (Lipinski definition) is 1. The molecule has 2 aromatic rings. The molecule has 6 heteroatoms. The minimum absolute atomic E-state index is 0.365. The van der Waals surface area contributed by atoms with Crippen LogP contribution in [0.15, 0.2) is 47.4 Å². The van der Waals surface area contributed by atoms with Crippen LogP contribution in [0.1, 0.15) is 18.1 Å². The number of anilines is 1. The van der Waals surface area contributed by atoms with Gasteiger partial charge >= 0.3 is 0 Å². The fourth-order valence-corrected chi connectivity index (χ4v) is 3.23. The SMILES string of the molecule is CCc1ccccc1NS(=O)(=O)c1cccc(F)c1C#N. The minimum Gasteiger partial charge on any atom is -0.279 e. The molecule has 0 spiro atoms. The number of aryl methyl sites for hydroxylation is 1. The number of halogens is 1. The molecule has 1 N–H and O–H groups in total. The zero-order valence-corrected chi connectivity index (χ0v) is 12.1. The lowest BCUT2D eigenvalue weighted by molar-refractivity contribution is 0.593. The first-order valence-electron chi connectivity index (χ1n) is 6.29. The first-order chi connectivity index (χ1) is 9.99. The molecule has 0 aromatic heterocycles. The van der Waals surface area contributed by atoms with Gasteiger partial charge in [-0.3, -0.25) is 4.72 Å². The highest BCUT2D eigenvalue weighted by molar-refractivity contribution is 7.92. The maximum Gasteiger partial charge on any atom is 0.263 e. The second kappa shape index (κ2) is 5.94. The molecule has 0 radical (unpaired) electrons. The number of nitrogens with zero attached hydrogens (tertiary/aromatic N) is 1. The van der Waals surface area contributed by atoms with Crippen LogP contribution in [-0.4, -0.2) is 8.42 Å². The van der Waals surface area contributed by atoms with Crippen molar-refractivity contribution in [2.75, 3.05) is 4.72 Å². The summed E-state index contributed by atoms with van der Waals surface area (Å²) in [5.74, 6) is -0.857. The molecule has 0 bridgehead atoms. The molecule has 2 aromatic carbocycles. The van der Waals surface area contributed by atoms with E-state index >= 15 is 0 Å². The number of nitrogens with one attached hydrogen (secondary N) is 1. The fourth-order valence-electron chi connectivity index (χ4n) is 1.96. The largest absolute Gasteiger partial charge is 0.279 e. The Morgan fingerprint density at radius 2 is 1.90 bits per heavy atom. The summed E-state index contributed by atoms with van der Waals surface area (Å²) in [6.45, 7) is 1.90. The summed E-state index contributed by atoms with van der Waals surface area (Å²) in [6.07, 6.45) is 0.646. The molecule has 21 heavy (non-hydrogen) atoms. The van der Waals surface area contributed by atoms with Crippen molar-refractivity contribution >= 4 is 15.7 Å². The van der Waals surface area contributed by atoms with Gasteiger partial charge in [0.2, 0.25) is 0 Å². The Balaban J connectivity index is 2.50. The number of rotatable bonds is 4. The van der Waals surface area contributed by atoms with Gasteiger partial charge in [-0.15, -0.1) is 0 Å². The van der Waals surface area contributed by atoms with Crippen LogP contribution in [0.2, 0.25) is 0 Å². The highest BCUT2D eigenvalue weighted by atomic mass is 32.2. The van der Waals surface area contributed by atoms with E-state index in [9.17, 15) is 12.8 Å². The van der Waals surface area contributed by atoms with Gasteiger partial charge < -0.3 is 0 Å². The van der Waals surface area contributed by atoms with Crippen LogP contribution in [0.25, 0.3) is 0 Å². The Hall–Kier alpha value is -2.39. The third-order valence-electron chi connectivity index (χ3n) is 3.02. The average molecular weight is 304 g/mol. The molecule has 0 unspecified atom stereocenters. The number of benzene rings is 2. The zero-order chi connectivity index (χ0) is 15.5. The molecule has 0 saturated heterocycles. The molecule has 4 nitrogen and oxygen atoms in total. The highest BCUT2D eigenvalue weighted by Crippen LogP contribution is 2.23. The zero-order valence-electron chi connectivity index (χ0n) is 11.3. The Morgan fingerprint density at radius 1 is 1.19 bits per heavy atom. The van der Waals surface area contributed by atoms with Crippen molar-refractivity contribution in [2.24, 2.45) is 0 Å². The standard InChI is InChI=1S/C15H13FN2O2S/c1-2-11-6-3-4-8-14(11)18-21(19,20)15-9-5-7-13(16)12(15)10-17/h3-9,18H,2H2,1H3. The highest BCUT2D eigenvalue weighted by Gasteiger charge is 2.21. The quantitative estimate of drug-likeness (QED) is 0.943. The van der Waals surface area contributed by atoms with E-state index in [1.165, 1.54) is 12.1 Å². The van der Waals surface area contributed by atoms with Gasteiger partial charge in [-0.05, 0) is 30.2 Å². The summed E-state index contributed by atoms with van der Waals surface area (Å²) < 4.78 is 40.7. The summed E-state index contributed by atoms with van der Waals surface area (Å²) in [7, 11) is -4.02. The van der Waals surface area contributed by atoms with E-state index < -0.39 is 21.4 Å². The summed E-state index contributed by atoms with van der Waals surface area (Å²) in [6, 6.07) is 12.0. The molecule has 0 aliphatic carbocycles. The van der Waals surface area contributed by atoms with E-state index in [1.54, 1.807) is 30.3 Å². The lowest BCUT2D eigenvalue weighted by atomic mass is 10.1. The second-order valence-corrected chi connectivity index (χ2v) is 5.99. The lowest BCUT2D eigenvalue weighted by Gasteiger charge is -2.12. The van der Waals surface area contributed by atoms with Gasteiger partial charge in [0.1, 0.15) is 22.3 Å². The monoisotopic (exact) mass is 304 g/mol. The normalized spacial score (nSPS) is 10.9.